The summed E-state index contributed by atoms with van der Waals surface area (Å²) < 4.78 is 5.13. The first kappa shape index (κ1) is 13.1. The molecular formula is C15H22N2O. The molecule has 0 unspecified atom stereocenters. The molecule has 3 nitrogen and oxygen atoms in total. The third-order valence-corrected chi connectivity index (χ3v) is 3.33. The Hall–Kier alpha value is -1.32. The predicted octanol–water partition coefficient (Wildman–Crippen LogP) is 2.13. The maximum atomic E-state index is 5.96. The average molecular weight is 246 g/mol. The van der Waals surface area contributed by atoms with E-state index in [0.717, 1.165) is 18.8 Å². The van der Waals surface area contributed by atoms with Crippen molar-refractivity contribution in [3.8, 4) is 5.75 Å². The van der Waals surface area contributed by atoms with Crippen molar-refractivity contribution >= 4 is 6.08 Å². The van der Waals surface area contributed by atoms with Gasteiger partial charge in [0.25, 0.3) is 0 Å². The molecule has 1 atom stereocenters. The molecule has 1 aliphatic heterocycles. The quantitative estimate of drug-likeness (QED) is 0.884. The molecule has 0 aliphatic carbocycles. The van der Waals surface area contributed by atoms with Crippen molar-refractivity contribution < 1.29 is 4.74 Å². The van der Waals surface area contributed by atoms with Gasteiger partial charge in [0.1, 0.15) is 5.75 Å². The lowest BCUT2D eigenvalue weighted by Crippen LogP contribution is -2.42. The topological polar surface area (TPSA) is 38.5 Å². The molecule has 0 aromatic heterocycles. The minimum atomic E-state index is 0.355. The third-order valence-electron chi connectivity index (χ3n) is 3.33. The monoisotopic (exact) mass is 246 g/mol. The van der Waals surface area contributed by atoms with Gasteiger partial charge < -0.3 is 10.5 Å². The number of hydrogen-bond acceptors (Lipinski definition) is 3. The Morgan fingerprint density at radius 3 is 2.83 bits per heavy atom. The van der Waals surface area contributed by atoms with E-state index in [1.807, 2.05) is 12.1 Å². The summed E-state index contributed by atoms with van der Waals surface area (Å²) in [6.07, 6.45) is 6.75. The van der Waals surface area contributed by atoms with Gasteiger partial charge in [0.2, 0.25) is 0 Å². The van der Waals surface area contributed by atoms with Crippen LogP contribution in [0.4, 0.5) is 0 Å². The molecule has 1 aromatic rings. The molecule has 2 N–H and O–H groups in total. The number of nitrogens with two attached hydrogens (primary N) is 1. The normalized spacial score (nSPS) is 21.3. The average Bonchev–Trinajstić information content (AvgIpc) is 2.40. The van der Waals surface area contributed by atoms with Crippen LogP contribution in [0.3, 0.4) is 0 Å². The van der Waals surface area contributed by atoms with Crippen molar-refractivity contribution in [1.29, 1.82) is 0 Å². The zero-order valence-electron chi connectivity index (χ0n) is 11.0. The SMILES string of the molecule is COc1ccc(/C=C/CN2CCC[C@@H](N)C2)cc1. The molecule has 2 rings (SSSR count). The fourth-order valence-electron chi connectivity index (χ4n) is 2.31. The van der Waals surface area contributed by atoms with Gasteiger partial charge >= 0.3 is 0 Å². The van der Waals surface area contributed by atoms with Gasteiger partial charge in [-0.25, -0.2) is 0 Å². The van der Waals surface area contributed by atoms with Crippen LogP contribution >= 0.6 is 0 Å². The van der Waals surface area contributed by atoms with Crippen LogP contribution in [0.25, 0.3) is 6.08 Å². The number of benzene rings is 1. The summed E-state index contributed by atoms with van der Waals surface area (Å²) in [5.74, 6) is 0.897. The standard InChI is InChI=1S/C15H22N2O/c1-18-15-8-6-13(7-9-15)4-2-10-17-11-3-5-14(16)12-17/h2,4,6-9,14H,3,5,10-12,16H2,1H3/b4-2+/t14-/m1/s1. The van der Waals surface area contributed by atoms with E-state index in [1.54, 1.807) is 7.11 Å². The molecule has 0 spiro atoms. The largest absolute Gasteiger partial charge is 0.497 e. The number of likely N-dealkylation sites (tertiary alicyclic amines) is 1. The van der Waals surface area contributed by atoms with E-state index in [2.05, 4.69) is 29.2 Å². The van der Waals surface area contributed by atoms with Crippen molar-refractivity contribution in [2.24, 2.45) is 5.73 Å². The van der Waals surface area contributed by atoms with E-state index in [4.69, 9.17) is 10.5 Å². The van der Waals surface area contributed by atoms with Crippen molar-refractivity contribution in [3.63, 3.8) is 0 Å². The molecule has 1 fully saturated rings. The summed E-state index contributed by atoms with van der Waals surface area (Å²) in [6.45, 7) is 3.17. The minimum Gasteiger partial charge on any atom is -0.497 e. The van der Waals surface area contributed by atoms with Crippen LogP contribution in [0.2, 0.25) is 0 Å². The first-order valence-corrected chi connectivity index (χ1v) is 6.56. The highest BCUT2D eigenvalue weighted by molar-refractivity contribution is 5.50. The van der Waals surface area contributed by atoms with Gasteiger partial charge in [0, 0.05) is 19.1 Å². The predicted molar refractivity (Wildman–Crippen MR) is 75.7 cm³/mol. The highest BCUT2D eigenvalue weighted by Crippen LogP contribution is 2.13. The lowest BCUT2D eigenvalue weighted by atomic mass is 10.1. The first-order valence-electron chi connectivity index (χ1n) is 6.56. The van der Waals surface area contributed by atoms with Crippen molar-refractivity contribution in [2.45, 2.75) is 18.9 Å². The molecule has 0 amide bonds. The van der Waals surface area contributed by atoms with Crippen LogP contribution < -0.4 is 10.5 Å². The molecule has 0 radical (unpaired) electrons. The van der Waals surface area contributed by atoms with E-state index < -0.39 is 0 Å². The van der Waals surface area contributed by atoms with Crippen molar-refractivity contribution in [2.75, 3.05) is 26.7 Å². The maximum absolute atomic E-state index is 5.96. The first-order chi connectivity index (χ1) is 8.78. The molecule has 0 saturated carbocycles. The van der Waals surface area contributed by atoms with Crippen molar-refractivity contribution in [3.05, 3.63) is 35.9 Å². The number of rotatable bonds is 4. The Bertz CT molecular complexity index is 386. The second kappa shape index (κ2) is 6.57. The second-order valence-electron chi connectivity index (χ2n) is 4.84. The van der Waals surface area contributed by atoms with Crippen LogP contribution in [0, 0.1) is 0 Å². The van der Waals surface area contributed by atoms with Gasteiger partial charge in [0.15, 0.2) is 0 Å². The molecule has 3 heteroatoms. The Labute approximate surface area is 109 Å². The highest BCUT2D eigenvalue weighted by atomic mass is 16.5. The summed E-state index contributed by atoms with van der Waals surface area (Å²) in [6, 6.07) is 8.45. The minimum absolute atomic E-state index is 0.355. The Morgan fingerprint density at radius 1 is 1.39 bits per heavy atom. The zero-order valence-corrected chi connectivity index (χ0v) is 11.0. The molecule has 1 saturated heterocycles. The van der Waals surface area contributed by atoms with E-state index in [1.165, 1.54) is 24.9 Å². The number of ether oxygens (including phenoxy) is 1. The van der Waals surface area contributed by atoms with E-state index >= 15 is 0 Å². The molecule has 98 valence electrons. The number of hydrogen-bond donors (Lipinski definition) is 1. The Balaban J connectivity index is 1.82. The Morgan fingerprint density at radius 2 is 2.17 bits per heavy atom. The summed E-state index contributed by atoms with van der Waals surface area (Å²) in [7, 11) is 1.68. The van der Waals surface area contributed by atoms with Gasteiger partial charge in [-0.2, -0.15) is 0 Å². The number of piperidine rings is 1. The van der Waals surface area contributed by atoms with Crippen LogP contribution in [0.15, 0.2) is 30.3 Å². The highest BCUT2D eigenvalue weighted by Gasteiger charge is 2.14. The fourth-order valence-corrected chi connectivity index (χ4v) is 2.31. The van der Waals surface area contributed by atoms with E-state index in [0.29, 0.717) is 6.04 Å². The zero-order chi connectivity index (χ0) is 12.8. The number of nitrogens with zero attached hydrogens (tertiary/aromatic N) is 1. The molecule has 1 heterocycles. The summed E-state index contributed by atoms with van der Waals surface area (Å²) >= 11 is 0. The van der Waals surface area contributed by atoms with E-state index in [-0.39, 0.29) is 0 Å². The summed E-state index contributed by atoms with van der Waals surface area (Å²) in [5, 5.41) is 0. The van der Waals surface area contributed by atoms with Gasteiger partial charge in [0.05, 0.1) is 7.11 Å². The van der Waals surface area contributed by atoms with E-state index in [9.17, 15) is 0 Å². The molecular weight excluding hydrogens is 224 g/mol. The van der Waals surface area contributed by atoms with Gasteiger partial charge in [-0.15, -0.1) is 0 Å². The number of methoxy groups -OCH3 is 1. The smallest absolute Gasteiger partial charge is 0.118 e. The molecule has 1 aromatic carbocycles. The summed E-state index contributed by atoms with van der Waals surface area (Å²) in [5.41, 5.74) is 7.17. The third kappa shape index (κ3) is 3.86. The fraction of sp³-hybridized carbons (Fsp3) is 0.467. The van der Waals surface area contributed by atoms with Crippen LogP contribution in [-0.2, 0) is 0 Å². The van der Waals surface area contributed by atoms with Crippen LogP contribution in [0.5, 0.6) is 5.75 Å². The lowest BCUT2D eigenvalue weighted by molar-refractivity contribution is 0.229. The van der Waals surface area contributed by atoms with Gasteiger partial charge in [-0.05, 0) is 37.1 Å². The molecule has 0 bridgehead atoms. The van der Waals surface area contributed by atoms with Gasteiger partial charge in [-0.3, -0.25) is 4.90 Å². The molecule has 18 heavy (non-hydrogen) atoms. The van der Waals surface area contributed by atoms with Crippen LogP contribution in [-0.4, -0.2) is 37.7 Å². The van der Waals surface area contributed by atoms with Crippen molar-refractivity contribution in [1.82, 2.24) is 4.90 Å². The van der Waals surface area contributed by atoms with Crippen LogP contribution in [0.1, 0.15) is 18.4 Å². The lowest BCUT2D eigenvalue weighted by Gasteiger charge is -2.29. The summed E-state index contributed by atoms with van der Waals surface area (Å²) in [4.78, 5) is 2.41. The Kier molecular flexibility index (Phi) is 4.79. The molecule has 1 aliphatic rings. The second-order valence-corrected chi connectivity index (χ2v) is 4.84. The maximum Gasteiger partial charge on any atom is 0.118 e. The van der Waals surface area contributed by atoms with Gasteiger partial charge in [-0.1, -0.05) is 24.3 Å².